The molecule has 0 saturated carbocycles. The van der Waals surface area contributed by atoms with Crippen LogP contribution in [-0.2, 0) is 0 Å². The van der Waals surface area contributed by atoms with Crippen LogP contribution in [0, 0.1) is 11.6 Å². The number of benzene rings is 3. The minimum Gasteiger partial charge on any atom is -0.333 e. The van der Waals surface area contributed by atoms with E-state index < -0.39 is 0 Å². The van der Waals surface area contributed by atoms with E-state index in [9.17, 15) is 8.78 Å². The van der Waals surface area contributed by atoms with Gasteiger partial charge < -0.3 is 4.98 Å². The number of aromatic amines is 1. The third-order valence-electron chi connectivity index (χ3n) is 4.79. The minimum atomic E-state index is -0.248. The highest BCUT2D eigenvalue weighted by molar-refractivity contribution is 7.99. The van der Waals surface area contributed by atoms with Crippen LogP contribution in [0.4, 0.5) is 8.78 Å². The second kappa shape index (κ2) is 8.57. The smallest absolute Gasteiger partial charge is 0.166 e. The van der Waals surface area contributed by atoms with Gasteiger partial charge in [0, 0.05) is 11.7 Å². The average Bonchev–Trinajstić information content (AvgIpc) is 3.13. The molecular formula is C23H20F2N2S. The number of nitrogens with one attached hydrogen (secondary N) is 1. The van der Waals surface area contributed by atoms with Crippen LogP contribution in [0.1, 0.15) is 29.9 Å². The van der Waals surface area contributed by atoms with Crippen molar-refractivity contribution < 1.29 is 8.78 Å². The Morgan fingerprint density at radius 1 is 0.821 bits per heavy atom. The Morgan fingerprint density at radius 3 is 2.04 bits per heavy atom. The fourth-order valence-electron chi connectivity index (χ4n) is 3.37. The molecule has 28 heavy (non-hydrogen) atoms. The lowest BCUT2D eigenvalue weighted by Gasteiger charge is -2.18. The van der Waals surface area contributed by atoms with Crippen LogP contribution in [0.5, 0.6) is 0 Å². The Hall–Kier alpha value is -2.66. The SMILES string of the molecule is Fc1ccc(C(CCCSc2nc3ccccc3[nH]2)c2ccc(F)cc2)cc1. The molecule has 0 saturated heterocycles. The molecule has 1 N–H and O–H groups in total. The zero-order chi connectivity index (χ0) is 19.3. The summed E-state index contributed by atoms with van der Waals surface area (Å²) in [7, 11) is 0. The Balaban J connectivity index is 1.43. The molecule has 0 radical (unpaired) electrons. The first-order valence-electron chi connectivity index (χ1n) is 9.27. The molecule has 0 bridgehead atoms. The summed E-state index contributed by atoms with van der Waals surface area (Å²) in [5.41, 5.74) is 4.10. The highest BCUT2D eigenvalue weighted by atomic mass is 32.2. The first-order chi connectivity index (χ1) is 13.7. The maximum absolute atomic E-state index is 13.3. The van der Waals surface area contributed by atoms with Crippen molar-refractivity contribution in [2.45, 2.75) is 23.9 Å². The number of fused-ring (bicyclic) bond motifs is 1. The molecule has 4 aromatic rings. The van der Waals surface area contributed by atoms with Crippen molar-refractivity contribution in [1.82, 2.24) is 9.97 Å². The van der Waals surface area contributed by atoms with E-state index in [1.807, 2.05) is 48.5 Å². The summed E-state index contributed by atoms with van der Waals surface area (Å²) in [5, 5.41) is 0.918. The predicted molar refractivity (Wildman–Crippen MR) is 111 cm³/mol. The van der Waals surface area contributed by atoms with Crippen molar-refractivity contribution in [3.8, 4) is 0 Å². The summed E-state index contributed by atoms with van der Waals surface area (Å²) < 4.78 is 26.6. The Bertz CT molecular complexity index is 964. The summed E-state index contributed by atoms with van der Waals surface area (Å²) in [6.45, 7) is 0. The fourth-order valence-corrected chi connectivity index (χ4v) is 4.22. The van der Waals surface area contributed by atoms with Crippen LogP contribution in [0.2, 0.25) is 0 Å². The topological polar surface area (TPSA) is 28.7 Å². The van der Waals surface area contributed by atoms with E-state index in [1.54, 1.807) is 11.8 Å². The number of aromatic nitrogens is 2. The van der Waals surface area contributed by atoms with Crippen molar-refractivity contribution in [2.75, 3.05) is 5.75 Å². The van der Waals surface area contributed by atoms with Crippen LogP contribution >= 0.6 is 11.8 Å². The van der Waals surface area contributed by atoms with Crippen LogP contribution in [0.25, 0.3) is 11.0 Å². The lowest BCUT2D eigenvalue weighted by molar-refractivity contribution is 0.621. The molecule has 0 aliphatic heterocycles. The van der Waals surface area contributed by atoms with E-state index in [1.165, 1.54) is 24.3 Å². The molecule has 1 aromatic heterocycles. The number of hydrogen-bond donors (Lipinski definition) is 1. The lowest BCUT2D eigenvalue weighted by Crippen LogP contribution is -2.02. The largest absolute Gasteiger partial charge is 0.333 e. The first-order valence-corrected chi connectivity index (χ1v) is 10.3. The molecule has 5 heteroatoms. The first kappa shape index (κ1) is 18.7. The van der Waals surface area contributed by atoms with Crippen LogP contribution in [0.3, 0.4) is 0 Å². The number of imidazole rings is 1. The van der Waals surface area contributed by atoms with E-state index in [0.717, 1.165) is 45.9 Å². The van der Waals surface area contributed by atoms with Gasteiger partial charge in [0.05, 0.1) is 11.0 Å². The molecule has 0 amide bonds. The monoisotopic (exact) mass is 394 g/mol. The van der Waals surface area contributed by atoms with Crippen LogP contribution < -0.4 is 0 Å². The molecular weight excluding hydrogens is 374 g/mol. The number of nitrogens with zero attached hydrogens (tertiary/aromatic N) is 1. The summed E-state index contributed by atoms with van der Waals surface area (Å²) in [6, 6.07) is 21.2. The van der Waals surface area contributed by atoms with Gasteiger partial charge in [-0.05, 0) is 60.4 Å². The van der Waals surface area contributed by atoms with E-state index in [-0.39, 0.29) is 17.6 Å². The molecule has 0 fully saturated rings. The maximum Gasteiger partial charge on any atom is 0.166 e. The summed E-state index contributed by atoms with van der Waals surface area (Å²) in [6.07, 6.45) is 1.85. The summed E-state index contributed by atoms with van der Waals surface area (Å²) >= 11 is 1.70. The highest BCUT2D eigenvalue weighted by Crippen LogP contribution is 2.31. The van der Waals surface area contributed by atoms with Gasteiger partial charge in [0.1, 0.15) is 11.6 Å². The third kappa shape index (κ3) is 4.42. The second-order valence-electron chi connectivity index (χ2n) is 6.71. The molecule has 0 aliphatic carbocycles. The molecule has 3 aromatic carbocycles. The van der Waals surface area contributed by atoms with E-state index in [4.69, 9.17) is 0 Å². The molecule has 142 valence electrons. The number of thioether (sulfide) groups is 1. The van der Waals surface area contributed by atoms with Crippen molar-refractivity contribution in [3.63, 3.8) is 0 Å². The van der Waals surface area contributed by atoms with E-state index >= 15 is 0 Å². The standard InChI is InChI=1S/C23H20F2N2S/c24-18-11-7-16(8-12-18)20(17-9-13-19(25)14-10-17)4-3-15-28-23-26-21-5-1-2-6-22(21)27-23/h1-2,5-14,20H,3-4,15H2,(H,26,27). The van der Waals surface area contributed by atoms with Crippen molar-refractivity contribution in [3.05, 3.63) is 95.6 Å². The molecule has 0 atom stereocenters. The van der Waals surface area contributed by atoms with Gasteiger partial charge in [-0.1, -0.05) is 48.2 Å². The zero-order valence-electron chi connectivity index (χ0n) is 15.2. The van der Waals surface area contributed by atoms with Crippen LogP contribution in [0.15, 0.2) is 78.0 Å². The molecule has 0 unspecified atom stereocenters. The van der Waals surface area contributed by atoms with Gasteiger partial charge in [-0.2, -0.15) is 0 Å². The molecule has 4 rings (SSSR count). The molecule has 2 nitrogen and oxygen atoms in total. The Morgan fingerprint density at radius 2 is 1.43 bits per heavy atom. The Labute approximate surface area is 167 Å². The van der Waals surface area contributed by atoms with Crippen molar-refractivity contribution >= 4 is 22.8 Å². The van der Waals surface area contributed by atoms with E-state index in [2.05, 4.69) is 9.97 Å². The Kier molecular flexibility index (Phi) is 5.72. The molecule has 0 spiro atoms. The number of para-hydroxylation sites is 2. The lowest BCUT2D eigenvalue weighted by atomic mass is 9.88. The van der Waals surface area contributed by atoms with Gasteiger partial charge in [0.15, 0.2) is 5.16 Å². The highest BCUT2D eigenvalue weighted by Gasteiger charge is 2.15. The van der Waals surface area contributed by atoms with Gasteiger partial charge in [-0.25, -0.2) is 13.8 Å². The predicted octanol–water partition coefficient (Wildman–Crippen LogP) is 6.55. The normalized spacial score (nSPS) is 11.4. The third-order valence-corrected chi connectivity index (χ3v) is 5.75. The quantitative estimate of drug-likeness (QED) is 0.285. The number of halogens is 2. The minimum absolute atomic E-state index is 0.109. The number of hydrogen-bond acceptors (Lipinski definition) is 2. The summed E-state index contributed by atoms with van der Waals surface area (Å²) in [4.78, 5) is 7.92. The van der Waals surface area contributed by atoms with Crippen LogP contribution in [-0.4, -0.2) is 15.7 Å². The van der Waals surface area contributed by atoms with E-state index in [0.29, 0.717) is 0 Å². The zero-order valence-corrected chi connectivity index (χ0v) is 16.1. The maximum atomic E-state index is 13.3. The average molecular weight is 394 g/mol. The molecule has 1 heterocycles. The van der Waals surface area contributed by atoms with Crippen molar-refractivity contribution in [1.29, 1.82) is 0 Å². The number of rotatable bonds is 7. The number of H-pyrrole nitrogens is 1. The molecule has 0 aliphatic rings. The van der Waals surface area contributed by atoms with Gasteiger partial charge in [0.25, 0.3) is 0 Å². The van der Waals surface area contributed by atoms with Crippen molar-refractivity contribution in [2.24, 2.45) is 0 Å². The van der Waals surface area contributed by atoms with Gasteiger partial charge in [0.2, 0.25) is 0 Å². The fraction of sp³-hybridized carbons (Fsp3) is 0.174. The summed E-state index contributed by atoms with van der Waals surface area (Å²) in [5.74, 6) is 0.528. The second-order valence-corrected chi connectivity index (χ2v) is 7.79. The van der Waals surface area contributed by atoms with Gasteiger partial charge >= 0.3 is 0 Å². The van der Waals surface area contributed by atoms with Gasteiger partial charge in [-0.15, -0.1) is 0 Å². The van der Waals surface area contributed by atoms with Gasteiger partial charge in [-0.3, -0.25) is 0 Å².